The van der Waals surface area contributed by atoms with E-state index in [4.69, 9.17) is 25.5 Å². The molecule has 0 aromatic carbocycles. The quantitative estimate of drug-likeness (QED) is 0.129. The van der Waals surface area contributed by atoms with E-state index in [0.29, 0.717) is 0 Å². The number of aliphatic hydroxyl groups is 6. The standard InChI is InChI=1S/C6H15NO8/c7-15-14-6(13)5(12)4(11)3(10)2(9)1-8/h2-6,8-13H,1,7H2/t2-,3-,4+,5-,6?/m1/s1. The third-order valence-electron chi connectivity index (χ3n) is 1.73. The van der Waals surface area contributed by atoms with Crippen molar-refractivity contribution in [2.75, 3.05) is 6.61 Å². The largest absolute Gasteiger partial charge is 0.394 e. The Balaban J connectivity index is 4.22. The lowest BCUT2D eigenvalue weighted by atomic mass is 10.0. The van der Waals surface area contributed by atoms with Gasteiger partial charge in [0.05, 0.1) is 6.61 Å². The highest BCUT2D eigenvalue weighted by molar-refractivity contribution is 4.81. The summed E-state index contributed by atoms with van der Waals surface area (Å²) >= 11 is 0. The summed E-state index contributed by atoms with van der Waals surface area (Å²) in [6.07, 6.45) is -9.45. The van der Waals surface area contributed by atoms with Crippen LogP contribution in [0.1, 0.15) is 0 Å². The minimum Gasteiger partial charge on any atom is -0.394 e. The Morgan fingerprint density at radius 1 is 0.933 bits per heavy atom. The molecule has 1 unspecified atom stereocenters. The minimum atomic E-state index is -2.01. The van der Waals surface area contributed by atoms with Gasteiger partial charge in [0.2, 0.25) is 6.29 Å². The van der Waals surface area contributed by atoms with E-state index in [1.54, 1.807) is 0 Å². The van der Waals surface area contributed by atoms with Crippen LogP contribution in [0.3, 0.4) is 0 Å². The molecule has 9 nitrogen and oxygen atoms in total. The number of aliphatic hydroxyl groups excluding tert-OH is 6. The summed E-state index contributed by atoms with van der Waals surface area (Å²) < 4.78 is 0. The van der Waals surface area contributed by atoms with Gasteiger partial charge >= 0.3 is 0 Å². The summed E-state index contributed by atoms with van der Waals surface area (Å²) in [4.78, 5) is 7.38. The first kappa shape index (κ1) is 14.6. The number of hydrogen-bond acceptors (Lipinski definition) is 9. The Labute approximate surface area is 84.8 Å². The van der Waals surface area contributed by atoms with Crippen molar-refractivity contribution in [3.63, 3.8) is 0 Å². The minimum absolute atomic E-state index is 0.824. The molecule has 0 heterocycles. The zero-order valence-electron chi connectivity index (χ0n) is 7.67. The van der Waals surface area contributed by atoms with Crippen molar-refractivity contribution < 1.29 is 40.5 Å². The van der Waals surface area contributed by atoms with Gasteiger partial charge in [0.25, 0.3) is 0 Å². The maximum Gasteiger partial charge on any atom is 0.219 e. The van der Waals surface area contributed by atoms with Gasteiger partial charge in [-0.15, -0.1) is 4.99 Å². The average Bonchev–Trinajstić information content (AvgIpc) is 2.25. The van der Waals surface area contributed by atoms with Gasteiger partial charge in [0, 0.05) is 0 Å². The molecule has 0 aromatic rings. The lowest BCUT2D eigenvalue weighted by molar-refractivity contribution is -0.396. The summed E-state index contributed by atoms with van der Waals surface area (Å²) in [6, 6.07) is 0. The third-order valence-corrected chi connectivity index (χ3v) is 1.73. The third kappa shape index (κ3) is 4.34. The van der Waals surface area contributed by atoms with Crippen molar-refractivity contribution in [1.82, 2.24) is 0 Å². The van der Waals surface area contributed by atoms with Crippen LogP contribution in [-0.2, 0) is 9.88 Å². The SMILES string of the molecule is NOOC(O)[C@H](O)[C@@H](O)[C@H](O)[C@H](O)CO. The Kier molecular flexibility index (Phi) is 6.84. The van der Waals surface area contributed by atoms with Crippen LogP contribution in [-0.4, -0.2) is 68.0 Å². The normalized spacial score (nSPS) is 21.8. The van der Waals surface area contributed by atoms with Crippen LogP contribution in [0.2, 0.25) is 0 Å². The van der Waals surface area contributed by atoms with Gasteiger partial charge in [-0.1, -0.05) is 0 Å². The maximum atomic E-state index is 9.18. The van der Waals surface area contributed by atoms with E-state index in [2.05, 4.69) is 15.8 Å². The molecule has 0 saturated heterocycles. The van der Waals surface area contributed by atoms with Crippen LogP contribution < -0.4 is 5.90 Å². The number of nitrogens with two attached hydrogens (primary N) is 1. The van der Waals surface area contributed by atoms with E-state index < -0.39 is 37.3 Å². The molecule has 0 spiro atoms. The molecular formula is C6H15NO8. The second kappa shape index (κ2) is 7.00. The lowest BCUT2D eigenvalue weighted by Gasteiger charge is -2.27. The highest BCUT2D eigenvalue weighted by atomic mass is 17.3. The van der Waals surface area contributed by atoms with Crippen molar-refractivity contribution in [3.8, 4) is 0 Å². The molecule has 9 heteroatoms. The summed E-state index contributed by atoms with van der Waals surface area (Å²) in [5.41, 5.74) is 0. The topological polar surface area (TPSA) is 166 Å². The van der Waals surface area contributed by atoms with Gasteiger partial charge < -0.3 is 30.6 Å². The van der Waals surface area contributed by atoms with Crippen LogP contribution in [0.5, 0.6) is 0 Å². The monoisotopic (exact) mass is 229 g/mol. The first-order valence-corrected chi connectivity index (χ1v) is 3.99. The van der Waals surface area contributed by atoms with E-state index in [1.807, 2.05) is 0 Å². The predicted molar refractivity (Wildman–Crippen MR) is 43.5 cm³/mol. The zero-order valence-corrected chi connectivity index (χ0v) is 7.67. The van der Waals surface area contributed by atoms with E-state index in [0.717, 1.165) is 0 Å². The van der Waals surface area contributed by atoms with E-state index in [-0.39, 0.29) is 0 Å². The van der Waals surface area contributed by atoms with Crippen LogP contribution in [0, 0.1) is 0 Å². The Bertz CT molecular complexity index is 169. The predicted octanol–water partition coefficient (Wildman–Crippen LogP) is -4.44. The fourth-order valence-electron chi connectivity index (χ4n) is 0.820. The average molecular weight is 229 g/mol. The number of rotatable bonds is 7. The molecule has 92 valence electrons. The molecule has 0 bridgehead atoms. The molecule has 0 amide bonds. The number of hydrogen-bond donors (Lipinski definition) is 7. The highest BCUT2D eigenvalue weighted by Gasteiger charge is 2.35. The summed E-state index contributed by atoms with van der Waals surface area (Å²) in [5.74, 6) is 4.40. The first-order valence-electron chi connectivity index (χ1n) is 3.99. The first-order chi connectivity index (χ1) is 6.95. The summed E-state index contributed by atoms with van der Waals surface area (Å²) in [5, 5.41) is 53.7. The molecule has 0 aliphatic heterocycles. The van der Waals surface area contributed by atoms with Crippen molar-refractivity contribution in [3.05, 3.63) is 0 Å². The van der Waals surface area contributed by atoms with Gasteiger partial charge in [-0.25, -0.2) is 0 Å². The molecule has 0 radical (unpaired) electrons. The van der Waals surface area contributed by atoms with Gasteiger partial charge in [-0.3, -0.25) is 0 Å². The van der Waals surface area contributed by atoms with Gasteiger partial charge in [0.1, 0.15) is 24.4 Å². The molecule has 0 rings (SSSR count). The van der Waals surface area contributed by atoms with Crippen molar-refractivity contribution in [2.45, 2.75) is 30.7 Å². The van der Waals surface area contributed by atoms with Crippen molar-refractivity contribution >= 4 is 0 Å². The van der Waals surface area contributed by atoms with Gasteiger partial charge in [-0.05, 0) is 0 Å². The molecule has 0 aliphatic rings. The maximum absolute atomic E-state index is 9.18. The smallest absolute Gasteiger partial charge is 0.219 e. The molecule has 5 atom stereocenters. The summed E-state index contributed by atoms with van der Waals surface area (Å²) in [7, 11) is 0. The van der Waals surface area contributed by atoms with Crippen LogP contribution in [0.15, 0.2) is 0 Å². The molecule has 0 aliphatic carbocycles. The van der Waals surface area contributed by atoms with Gasteiger partial charge in [-0.2, -0.15) is 10.8 Å². The Morgan fingerprint density at radius 3 is 1.87 bits per heavy atom. The Morgan fingerprint density at radius 2 is 1.47 bits per heavy atom. The van der Waals surface area contributed by atoms with E-state index in [9.17, 15) is 5.11 Å². The lowest BCUT2D eigenvalue weighted by Crippen LogP contribution is -2.50. The molecule has 0 saturated carbocycles. The second-order valence-electron chi connectivity index (χ2n) is 2.80. The molecule has 8 N–H and O–H groups in total. The van der Waals surface area contributed by atoms with Gasteiger partial charge in [0.15, 0.2) is 0 Å². The van der Waals surface area contributed by atoms with Crippen molar-refractivity contribution in [2.24, 2.45) is 5.90 Å². The van der Waals surface area contributed by atoms with Crippen molar-refractivity contribution in [1.29, 1.82) is 0 Å². The van der Waals surface area contributed by atoms with E-state index in [1.165, 1.54) is 0 Å². The molecular weight excluding hydrogens is 214 g/mol. The summed E-state index contributed by atoms with van der Waals surface area (Å²) in [6.45, 7) is -0.824. The molecule has 0 fully saturated rings. The van der Waals surface area contributed by atoms with Crippen LogP contribution >= 0.6 is 0 Å². The molecule has 15 heavy (non-hydrogen) atoms. The molecule has 0 aromatic heterocycles. The van der Waals surface area contributed by atoms with E-state index >= 15 is 0 Å². The van der Waals surface area contributed by atoms with Crippen LogP contribution in [0.4, 0.5) is 0 Å². The zero-order chi connectivity index (χ0) is 12.0. The fraction of sp³-hybridized carbons (Fsp3) is 1.00. The fourth-order valence-corrected chi connectivity index (χ4v) is 0.820. The highest BCUT2D eigenvalue weighted by Crippen LogP contribution is 2.09. The second-order valence-corrected chi connectivity index (χ2v) is 2.80. The van der Waals surface area contributed by atoms with Crippen LogP contribution in [0.25, 0.3) is 0 Å². The Hall–Kier alpha value is -0.360.